The maximum atomic E-state index is 13.1. The average Bonchev–Trinajstić information content (AvgIpc) is 2.81. The van der Waals surface area contributed by atoms with Crippen LogP contribution in [0.4, 0.5) is 11.4 Å². The number of rotatable bonds is 13. The standard InChI is InChI=1S/C24H30ClN3O6/c1-6-31-17-11-13-21(33-8-3)19(14-17)26-27-23(16(5)29)24(30)28(25)20-12-10-18(32-7-2)15-22(20)34-9-4/h10-15,23H,6-9H2,1-5H3. The van der Waals surface area contributed by atoms with Gasteiger partial charge in [0, 0.05) is 23.9 Å². The van der Waals surface area contributed by atoms with E-state index >= 15 is 0 Å². The van der Waals surface area contributed by atoms with E-state index in [1.54, 1.807) is 43.3 Å². The lowest BCUT2D eigenvalue weighted by atomic mass is 10.2. The molecule has 0 aliphatic heterocycles. The van der Waals surface area contributed by atoms with Crippen molar-refractivity contribution in [3.63, 3.8) is 0 Å². The maximum Gasteiger partial charge on any atom is 0.276 e. The fourth-order valence-electron chi connectivity index (χ4n) is 2.94. The van der Waals surface area contributed by atoms with E-state index in [4.69, 9.17) is 30.7 Å². The van der Waals surface area contributed by atoms with Gasteiger partial charge in [0.05, 0.1) is 26.4 Å². The molecule has 0 bridgehead atoms. The lowest BCUT2D eigenvalue weighted by Gasteiger charge is -2.20. The summed E-state index contributed by atoms with van der Waals surface area (Å²) < 4.78 is 23.0. The van der Waals surface area contributed by atoms with Crippen molar-refractivity contribution in [3.8, 4) is 23.0 Å². The molecule has 0 aliphatic carbocycles. The molecule has 2 aromatic rings. The molecular weight excluding hydrogens is 462 g/mol. The first-order valence-corrected chi connectivity index (χ1v) is 11.4. The zero-order valence-corrected chi connectivity index (χ0v) is 20.8. The molecule has 184 valence electrons. The topological polar surface area (TPSA) is 99.0 Å². The Morgan fingerprint density at radius 1 is 0.853 bits per heavy atom. The number of azo groups is 1. The number of halogens is 1. The van der Waals surface area contributed by atoms with Crippen LogP contribution in [0.5, 0.6) is 23.0 Å². The van der Waals surface area contributed by atoms with Gasteiger partial charge in [0.1, 0.15) is 34.4 Å². The Bertz CT molecular complexity index is 1010. The van der Waals surface area contributed by atoms with Crippen molar-refractivity contribution >= 4 is 34.8 Å². The average molecular weight is 492 g/mol. The van der Waals surface area contributed by atoms with Crippen LogP contribution in [0.2, 0.25) is 0 Å². The predicted molar refractivity (Wildman–Crippen MR) is 130 cm³/mol. The number of hydrogen-bond donors (Lipinski definition) is 0. The number of anilines is 1. The van der Waals surface area contributed by atoms with Crippen LogP contribution in [0.25, 0.3) is 0 Å². The van der Waals surface area contributed by atoms with Crippen LogP contribution in [0, 0.1) is 0 Å². The Morgan fingerprint density at radius 3 is 2.00 bits per heavy atom. The molecular formula is C24H30ClN3O6. The molecule has 0 heterocycles. The number of carbonyl (C=O) groups is 2. The first kappa shape index (κ1) is 26.9. The summed E-state index contributed by atoms with van der Waals surface area (Å²) in [6.07, 6.45) is 0. The fourth-order valence-corrected chi connectivity index (χ4v) is 3.18. The van der Waals surface area contributed by atoms with Crippen LogP contribution < -0.4 is 23.4 Å². The van der Waals surface area contributed by atoms with E-state index in [0.717, 1.165) is 4.42 Å². The van der Waals surface area contributed by atoms with E-state index in [1.165, 1.54) is 6.92 Å². The molecule has 34 heavy (non-hydrogen) atoms. The quantitative estimate of drug-likeness (QED) is 0.208. The number of carbonyl (C=O) groups excluding carboxylic acids is 2. The number of nitrogens with zero attached hydrogens (tertiary/aromatic N) is 3. The molecule has 2 rings (SSSR count). The summed E-state index contributed by atoms with van der Waals surface area (Å²) >= 11 is 6.36. The molecule has 0 fully saturated rings. The van der Waals surface area contributed by atoms with Gasteiger partial charge in [-0.15, -0.1) is 0 Å². The second-order valence-electron chi connectivity index (χ2n) is 6.84. The smallest absolute Gasteiger partial charge is 0.276 e. The van der Waals surface area contributed by atoms with E-state index in [-0.39, 0.29) is 5.69 Å². The van der Waals surface area contributed by atoms with Crippen LogP contribution in [-0.4, -0.2) is 44.2 Å². The minimum atomic E-state index is -1.47. The third-order valence-electron chi connectivity index (χ3n) is 4.39. The van der Waals surface area contributed by atoms with Crippen molar-refractivity contribution in [1.82, 2.24) is 0 Å². The van der Waals surface area contributed by atoms with Gasteiger partial charge in [-0.1, -0.05) is 0 Å². The molecule has 1 unspecified atom stereocenters. The zero-order chi connectivity index (χ0) is 25.1. The van der Waals surface area contributed by atoms with E-state index in [2.05, 4.69) is 10.2 Å². The van der Waals surface area contributed by atoms with Crippen molar-refractivity contribution in [1.29, 1.82) is 0 Å². The van der Waals surface area contributed by atoms with Crippen LogP contribution in [-0.2, 0) is 9.59 Å². The minimum absolute atomic E-state index is 0.256. The second-order valence-corrected chi connectivity index (χ2v) is 7.18. The summed E-state index contributed by atoms with van der Waals surface area (Å²) in [7, 11) is 0. The van der Waals surface area contributed by atoms with Gasteiger partial charge in [-0.3, -0.25) is 9.59 Å². The van der Waals surface area contributed by atoms with Crippen LogP contribution in [0.1, 0.15) is 34.6 Å². The number of ether oxygens (including phenoxy) is 4. The van der Waals surface area contributed by atoms with Crippen molar-refractivity contribution < 1.29 is 28.5 Å². The zero-order valence-electron chi connectivity index (χ0n) is 20.0. The van der Waals surface area contributed by atoms with Gasteiger partial charge in [0.25, 0.3) is 5.91 Å². The summed E-state index contributed by atoms with van der Waals surface area (Å²) in [4.78, 5) is 25.4. The van der Waals surface area contributed by atoms with Gasteiger partial charge in [-0.25, -0.2) is 4.42 Å². The Kier molecular flexibility index (Phi) is 10.6. The summed E-state index contributed by atoms with van der Waals surface area (Å²) in [6, 6.07) is 8.44. The number of hydrogen-bond acceptors (Lipinski definition) is 8. The Morgan fingerprint density at radius 2 is 1.41 bits per heavy atom. The summed E-state index contributed by atoms with van der Waals surface area (Å²) in [5.74, 6) is 0.591. The first-order chi connectivity index (χ1) is 16.4. The van der Waals surface area contributed by atoms with E-state index in [9.17, 15) is 9.59 Å². The van der Waals surface area contributed by atoms with Crippen molar-refractivity contribution in [2.75, 3.05) is 30.8 Å². The molecule has 0 saturated heterocycles. The van der Waals surface area contributed by atoms with Gasteiger partial charge in [-0.2, -0.15) is 10.2 Å². The van der Waals surface area contributed by atoms with Crippen molar-refractivity contribution in [2.45, 2.75) is 40.7 Å². The Balaban J connectivity index is 2.37. The highest BCUT2D eigenvalue weighted by molar-refractivity contribution is 6.39. The van der Waals surface area contributed by atoms with Crippen molar-refractivity contribution in [2.24, 2.45) is 10.2 Å². The summed E-state index contributed by atoms with van der Waals surface area (Å²) in [6.45, 7) is 10.3. The molecule has 2 aromatic carbocycles. The van der Waals surface area contributed by atoms with Gasteiger partial charge in [-0.05, 0) is 58.9 Å². The van der Waals surface area contributed by atoms with Gasteiger partial charge in [0.15, 0.2) is 5.78 Å². The number of Topliss-reactive ketones (excluding diaryl/α,β-unsaturated/α-hetero) is 1. The lowest BCUT2D eigenvalue weighted by Crippen LogP contribution is -2.36. The fraction of sp³-hybridized carbons (Fsp3) is 0.417. The highest BCUT2D eigenvalue weighted by Gasteiger charge is 2.30. The van der Waals surface area contributed by atoms with Gasteiger partial charge < -0.3 is 18.9 Å². The SMILES string of the molecule is CCOc1ccc(OCC)c(N=NC(C(C)=O)C(=O)N(Cl)c2ccc(OCC)cc2OCC)c1. The predicted octanol–water partition coefficient (Wildman–Crippen LogP) is 5.51. The first-order valence-electron chi connectivity index (χ1n) is 11.1. The van der Waals surface area contributed by atoms with Crippen LogP contribution in [0.3, 0.4) is 0 Å². The third kappa shape index (κ3) is 7.08. The van der Waals surface area contributed by atoms with Gasteiger partial charge in [0.2, 0.25) is 6.04 Å². The van der Waals surface area contributed by atoms with Crippen LogP contribution >= 0.6 is 11.8 Å². The number of benzene rings is 2. The molecule has 0 saturated carbocycles. The molecule has 9 nitrogen and oxygen atoms in total. The third-order valence-corrected chi connectivity index (χ3v) is 4.74. The minimum Gasteiger partial charge on any atom is -0.494 e. The van der Waals surface area contributed by atoms with Crippen molar-refractivity contribution in [3.05, 3.63) is 36.4 Å². The molecule has 0 aliphatic rings. The molecule has 0 radical (unpaired) electrons. The second kappa shape index (κ2) is 13.4. The summed E-state index contributed by atoms with van der Waals surface area (Å²) in [5.41, 5.74) is 0.579. The Labute approximate surface area is 204 Å². The monoisotopic (exact) mass is 491 g/mol. The van der Waals surface area contributed by atoms with Crippen LogP contribution in [0.15, 0.2) is 46.6 Å². The normalized spacial score (nSPS) is 11.7. The molecule has 1 amide bonds. The molecule has 1 atom stereocenters. The lowest BCUT2D eigenvalue weighted by molar-refractivity contribution is -0.126. The molecule has 0 aromatic heterocycles. The van der Waals surface area contributed by atoms with Gasteiger partial charge >= 0.3 is 0 Å². The van der Waals surface area contributed by atoms with E-state index in [0.29, 0.717) is 55.1 Å². The Hall–Kier alpha value is -3.33. The van der Waals surface area contributed by atoms with E-state index < -0.39 is 17.7 Å². The number of ketones is 1. The summed E-state index contributed by atoms with van der Waals surface area (Å²) in [5, 5.41) is 8.13. The molecule has 0 N–H and O–H groups in total. The maximum absolute atomic E-state index is 13.1. The van der Waals surface area contributed by atoms with E-state index in [1.807, 2.05) is 20.8 Å². The molecule has 0 spiro atoms. The highest BCUT2D eigenvalue weighted by atomic mass is 35.5. The molecule has 10 heteroatoms. The number of amides is 1. The largest absolute Gasteiger partial charge is 0.494 e. The highest BCUT2D eigenvalue weighted by Crippen LogP contribution is 2.35.